The van der Waals surface area contributed by atoms with E-state index in [1.165, 1.54) is 18.6 Å². The molecule has 0 aliphatic heterocycles. The average molecular weight is 209 g/mol. The van der Waals surface area contributed by atoms with Crippen molar-refractivity contribution in [3.63, 3.8) is 0 Å². The van der Waals surface area contributed by atoms with Crippen LogP contribution in [0.1, 0.15) is 23.8 Å². The molecule has 0 fully saturated rings. The topological polar surface area (TPSA) is 92.2 Å². The predicted octanol–water partition coefficient (Wildman–Crippen LogP) is 0.0696. The first kappa shape index (κ1) is 11.1. The van der Waals surface area contributed by atoms with E-state index in [4.69, 9.17) is 5.11 Å². The lowest BCUT2D eigenvalue weighted by Crippen LogP contribution is -2.34. The lowest BCUT2D eigenvalue weighted by atomic mass is 10.2. The lowest BCUT2D eigenvalue weighted by molar-refractivity contribution is -0.137. The van der Waals surface area contributed by atoms with Crippen LogP contribution in [0.3, 0.4) is 0 Å². The van der Waals surface area contributed by atoms with Gasteiger partial charge >= 0.3 is 5.97 Å². The third-order valence-corrected chi connectivity index (χ3v) is 1.67. The highest BCUT2D eigenvalue weighted by Gasteiger charge is 2.12. The van der Waals surface area contributed by atoms with Gasteiger partial charge in [0.2, 0.25) is 0 Å². The maximum atomic E-state index is 11.4. The predicted molar refractivity (Wildman–Crippen MR) is 51.2 cm³/mol. The molecule has 0 bridgehead atoms. The zero-order chi connectivity index (χ0) is 11.3. The van der Waals surface area contributed by atoms with Crippen LogP contribution in [0.15, 0.2) is 18.6 Å². The van der Waals surface area contributed by atoms with Crippen molar-refractivity contribution in [2.45, 2.75) is 19.4 Å². The molecule has 0 saturated heterocycles. The Morgan fingerprint density at radius 3 is 2.87 bits per heavy atom. The van der Waals surface area contributed by atoms with E-state index in [1.807, 2.05) is 0 Å². The number of carbonyl (C=O) groups is 2. The molecule has 0 aliphatic rings. The molecule has 1 amide bonds. The van der Waals surface area contributed by atoms with Crippen LogP contribution in [0.4, 0.5) is 0 Å². The molecule has 0 saturated carbocycles. The minimum atomic E-state index is -0.953. The Kier molecular flexibility index (Phi) is 3.73. The Morgan fingerprint density at radius 2 is 2.33 bits per heavy atom. The molecule has 1 rings (SSSR count). The molecule has 0 aliphatic carbocycles. The first-order valence-electron chi connectivity index (χ1n) is 4.38. The van der Waals surface area contributed by atoms with Crippen molar-refractivity contribution in [2.75, 3.05) is 0 Å². The Morgan fingerprint density at radius 1 is 1.60 bits per heavy atom. The van der Waals surface area contributed by atoms with Crippen molar-refractivity contribution < 1.29 is 14.7 Å². The maximum Gasteiger partial charge on any atom is 0.305 e. The SMILES string of the molecule is CC(CC(=O)O)NC(=O)c1ccncn1. The van der Waals surface area contributed by atoms with E-state index in [9.17, 15) is 9.59 Å². The van der Waals surface area contributed by atoms with Crippen LogP contribution >= 0.6 is 0 Å². The normalized spacial score (nSPS) is 11.8. The number of carbonyl (C=O) groups excluding carboxylic acids is 1. The summed E-state index contributed by atoms with van der Waals surface area (Å²) in [7, 11) is 0. The van der Waals surface area contributed by atoms with Gasteiger partial charge in [-0.25, -0.2) is 9.97 Å². The second-order valence-corrected chi connectivity index (χ2v) is 3.07. The van der Waals surface area contributed by atoms with E-state index in [0.717, 1.165) is 0 Å². The van der Waals surface area contributed by atoms with Gasteiger partial charge in [0.05, 0.1) is 6.42 Å². The fourth-order valence-corrected chi connectivity index (χ4v) is 1.04. The van der Waals surface area contributed by atoms with E-state index < -0.39 is 17.9 Å². The summed E-state index contributed by atoms with van der Waals surface area (Å²) in [4.78, 5) is 29.2. The van der Waals surface area contributed by atoms with Gasteiger partial charge in [-0.15, -0.1) is 0 Å². The number of aliphatic carboxylic acids is 1. The fraction of sp³-hybridized carbons (Fsp3) is 0.333. The number of carboxylic acids is 1. The first-order valence-corrected chi connectivity index (χ1v) is 4.38. The van der Waals surface area contributed by atoms with E-state index >= 15 is 0 Å². The summed E-state index contributed by atoms with van der Waals surface area (Å²) < 4.78 is 0. The molecule has 2 N–H and O–H groups in total. The number of rotatable bonds is 4. The van der Waals surface area contributed by atoms with Crippen LogP contribution in [-0.4, -0.2) is 33.0 Å². The van der Waals surface area contributed by atoms with Gasteiger partial charge in [-0.2, -0.15) is 0 Å². The largest absolute Gasteiger partial charge is 0.481 e. The van der Waals surface area contributed by atoms with Crippen LogP contribution in [0, 0.1) is 0 Å². The molecular formula is C9H11N3O3. The number of aromatic nitrogens is 2. The van der Waals surface area contributed by atoms with Gasteiger partial charge in [0.15, 0.2) is 0 Å². The highest BCUT2D eigenvalue weighted by Crippen LogP contribution is 1.95. The maximum absolute atomic E-state index is 11.4. The molecule has 1 aromatic heterocycles. The van der Waals surface area contributed by atoms with Crippen LogP contribution in [0.25, 0.3) is 0 Å². The van der Waals surface area contributed by atoms with Gasteiger partial charge in [0.1, 0.15) is 12.0 Å². The molecule has 0 radical (unpaired) electrons. The van der Waals surface area contributed by atoms with Gasteiger partial charge in [-0.05, 0) is 13.0 Å². The smallest absolute Gasteiger partial charge is 0.305 e. The summed E-state index contributed by atoms with van der Waals surface area (Å²) in [5.41, 5.74) is 0.224. The summed E-state index contributed by atoms with van der Waals surface area (Å²) >= 11 is 0. The number of carboxylic acid groups (broad SMARTS) is 1. The van der Waals surface area contributed by atoms with Gasteiger partial charge in [-0.1, -0.05) is 0 Å². The molecular weight excluding hydrogens is 198 g/mol. The third-order valence-electron chi connectivity index (χ3n) is 1.67. The van der Waals surface area contributed by atoms with E-state index in [0.29, 0.717) is 0 Å². The average Bonchev–Trinajstić information content (AvgIpc) is 2.17. The zero-order valence-electron chi connectivity index (χ0n) is 8.17. The Labute approximate surface area is 86.4 Å². The Hall–Kier alpha value is -1.98. The summed E-state index contributed by atoms with van der Waals surface area (Å²) in [5.74, 6) is -1.35. The molecule has 80 valence electrons. The van der Waals surface area contributed by atoms with E-state index in [1.54, 1.807) is 6.92 Å². The second kappa shape index (κ2) is 5.04. The van der Waals surface area contributed by atoms with Crippen LogP contribution in [0.2, 0.25) is 0 Å². The van der Waals surface area contributed by atoms with Gasteiger partial charge < -0.3 is 10.4 Å². The van der Waals surface area contributed by atoms with E-state index in [-0.39, 0.29) is 12.1 Å². The first-order chi connectivity index (χ1) is 7.09. The van der Waals surface area contributed by atoms with Gasteiger partial charge in [0, 0.05) is 12.2 Å². The molecule has 1 aromatic rings. The summed E-state index contributed by atoms with van der Waals surface area (Å²) in [5, 5.41) is 11.0. The quantitative estimate of drug-likeness (QED) is 0.732. The second-order valence-electron chi connectivity index (χ2n) is 3.07. The van der Waals surface area contributed by atoms with Crippen molar-refractivity contribution >= 4 is 11.9 Å². The van der Waals surface area contributed by atoms with E-state index in [2.05, 4.69) is 15.3 Å². The standard InChI is InChI=1S/C9H11N3O3/c1-6(4-8(13)14)12-9(15)7-2-3-10-5-11-7/h2-3,5-6H,4H2,1H3,(H,12,15)(H,13,14). The van der Waals surface area contributed by atoms with Crippen LogP contribution in [0.5, 0.6) is 0 Å². The van der Waals surface area contributed by atoms with Crippen molar-refractivity contribution in [2.24, 2.45) is 0 Å². The lowest BCUT2D eigenvalue weighted by Gasteiger charge is -2.10. The molecule has 6 nitrogen and oxygen atoms in total. The number of nitrogens with one attached hydrogen (secondary N) is 1. The minimum Gasteiger partial charge on any atom is -0.481 e. The fourth-order valence-electron chi connectivity index (χ4n) is 1.04. The minimum absolute atomic E-state index is 0.114. The molecule has 0 aromatic carbocycles. The van der Waals surface area contributed by atoms with Crippen molar-refractivity contribution in [1.29, 1.82) is 0 Å². The zero-order valence-corrected chi connectivity index (χ0v) is 8.17. The molecule has 1 heterocycles. The number of nitrogens with zero attached hydrogens (tertiary/aromatic N) is 2. The number of amides is 1. The summed E-state index contributed by atoms with van der Waals surface area (Å²) in [6.45, 7) is 1.62. The molecule has 15 heavy (non-hydrogen) atoms. The molecule has 1 unspecified atom stereocenters. The van der Waals surface area contributed by atoms with Gasteiger partial charge in [0.25, 0.3) is 5.91 Å². The van der Waals surface area contributed by atoms with Crippen LogP contribution in [-0.2, 0) is 4.79 Å². The molecule has 6 heteroatoms. The third kappa shape index (κ3) is 3.72. The molecule has 1 atom stereocenters. The highest BCUT2D eigenvalue weighted by molar-refractivity contribution is 5.92. The van der Waals surface area contributed by atoms with Crippen molar-refractivity contribution in [3.05, 3.63) is 24.3 Å². The van der Waals surface area contributed by atoms with Crippen molar-refractivity contribution in [1.82, 2.24) is 15.3 Å². The number of hydrogen-bond acceptors (Lipinski definition) is 4. The van der Waals surface area contributed by atoms with Crippen molar-refractivity contribution in [3.8, 4) is 0 Å². The Bertz CT molecular complexity index is 353. The molecule has 0 spiro atoms. The number of hydrogen-bond donors (Lipinski definition) is 2. The van der Waals surface area contributed by atoms with Crippen LogP contribution < -0.4 is 5.32 Å². The summed E-state index contributed by atoms with van der Waals surface area (Å²) in [6.07, 6.45) is 2.59. The Balaban J connectivity index is 2.53. The van der Waals surface area contributed by atoms with Gasteiger partial charge in [-0.3, -0.25) is 9.59 Å². The highest BCUT2D eigenvalue weighted by atomic mass is 16.4. The monoisotopic (exact) mass is 209 g/mol. The summed E-state index contributed by atoms with van der Waals surface area (Å²) in [6, 6.07) is 1.04.